The van der Waals surface area contributed by atoms with Gasteiger partial charge < -0.3 is 46.1 Å². The third-order valence-electron chi connectivity index (χ3n) is 29.9. The predicted molar refractivity (Wildman–Crippen MR) is 596 cm³/mol. The number of benzene rings is 21. The van der Waals surface area contributed by atoms with E-state index in [-0.39, 0.29) is 20.1 Å². The molecule has 0 amide bonds. The molecule has 0 unspecified atom stereocenters. The van der Waals surface area contributed by atoms with Crippen LogP contribution in [-0.4, -0.2) is 20.1 Å². The molecule has 0 radical (unpaired) electrons. The Morgan fingerprint density at radius 3 is 0.779 bits per heavy atom. The highest BCUT2D eigenvalue weighted by molar-refractivity contribution is 7.26. The molecule has 0 atom stereocenters. The van der Waals surface area contributed by atoms with Crippen molar-refractivity contribution in [3.8, 4) is 158 Å². The highest BCUT2D eigenvalue weighted by Gasteiger charge is 2.45. The number of hydrogen-bond acceptors (Lipinski definition) is 12. The van der Waals surface area contributed by atoms with E-state index < -0.39 is 0 Å². The first kappa shape index (κ1) is 81.6. The molecule has 0 spiro atoms. The zero-order chi connectivity index (χ0) is 94.7. The molecule has 0 fully saturated rings. The monoisotopic (exact) mass is 1890 g/mol. The zero-order valence-electron chi connectivity index (χ0n) is 77.3. The summed E-state index contributed by atoms with van der Waals surface area (Å²) in [6.07, 6.45) is 0. The first-order valence-corrected chi connectivity index (χ1v) is 50.5. The maximum Gasteiger partial charge on any atom is 0.260 e. The van der Waals surface area contributed by atoms with E-state index in [1.54, 1.807) is 0 Å². The van der Waals surface area contributed by atoms with Crippen molar-refractivity contribution in [2.24, 2.45) is 0 Å². The number of para-hydroxylation sites is 6. The van der Waals surface area contributed by atoms with Crippen LogP contribution in [0.4, 0.5) is 0 Å². The first-order chi connectivity index (χ1) is 71.7. The van der Waals surface area contributed by atoms with Gasteiger partial charge in [0.1, 0.15) is 114 Å². The van der Waals surface area contributed by atoms with Crippen molar-refractivity contribution < 1.29 is 46.1 Å². The van der Waals surface area contributed by atoms with Gasteiger partial charge in [-0.05, 0) is 234 Å². The van der Waals surface area contributed by atoms with Crippen molar-refractivity contribution in [1.82, 2.24) is 0 Å². The molecule has 15 heteroatoms. The highest BCUT2D eigenvalue weighted by atomic mass is 32.1. The van der Waals surface area contributed by atoms with Gasteiger partial charge in [-0.25, -0.2) is 0 Å². The molecule has 12 heterocycles. The van der Waals surface area contributed by atoms with Crippen molar-refractivity contribution in [2.45, 2.75) is 0 Å². The average molecular weight is 1890 g/mol. The summed E-state index contributed by atoms with van der Waals surface area (Å²) in [5.41, 5.74) is 31.0. The fourth-order valence-corrected chi connectivity index (χ4v) is 25.2. The minimum absolute atomic E-state index is 0.00924. The van der Waals surface area contributed by atoms with Crippen molar-refractivity contribution in [3.05, 3.63) is 443 Å². The molecule has 10 nitrogen and oxygen atoms in total. The molecular weight excluding hydrogens is 1820 g/mol. The van der Waals surface area contributed by atoms with Crippen molar-refractivity contribution in [1.29, 1.82) is 0 Å². The maximum absolute atomic E-state index is 6.56. The Morgan fingerprint density at radius 1 is 0.159 bits per heavy atom. The molecule has 21 aromatic carbocycles. The smallest absolute Gasteiger partial charge is 0.260 e. The van der Waals surface area contributed by atoms with Gasteiger partial charge in [0.25, 0.3) is 20.1 Å². The maximum atomic E-state index is 6.56. The lowest BCUT2D eigenvalue weighted by Gasteiger charge is -2.33. The number of furan rings is 4. The quantitative estimate of drug-likeness (QED) is 0.137. The van der Waals surface area contributed by atoms with Gasteiger partial charge in [-0.3, -0.25) is 0 Å². The lowest BCUT2D eigenvalue weighted by molar-refractivity contribution is 0.464. The Bertz CT molecular complexity index is 9560. The Hall–Kier alpha value is -18.3. The van der Waals surface area contributed by atoms with Crippen LogP contribution in [0.3, 0.4) is 0 Å². The summed E-state index contributed by atoms with van der Waals surface area (Å²) in [5.74, 6) is 12.0. The topological polar surface area (TPSA) is 108 Å². The molecule has 0 bridgehead atoms. The largest absolute Gasteiger partial charge is 0.458 e. The van der Waals surface area contributed by atoms with E-state index in [0.717, 1.165) is 240 Å². The van der Waals surface area contributed by atoms with Crippen LogP contribution in [0, 0.1) is 0 Å². The molecule has 145 heavy (non-hydrogen) atoms. The molecule has 0 saturated carbocycles. The van der Waals surface area contributed by atoms with E-state index in [2.05, 4.69) is 340 Å². The Morgan fingerprint density at radius 2 is 0.421 bits per heavy atom. The van der Waals surface area contributed by atoms with Crippen LogP contribution < -0.4 is 77.6 Å². The number of fused-ring (bicyclic) bond motifs is 26. The Balaban J connectivity index is 0.0000000991. The molecule has 674 valence electrons. The van der Waals surface area contributed by atoms with Gasteiger partial charge in [-0.1, -0.05) is 297 Å². The molecule has 27 aromatic rings. The van der Waals surface area contributed by atoms with Gasteiger partial charge in [-0.2, -0.15) is 0 Å². The van der Waals surface area contributed by atoms with Crippen LogP contribution in [0.5, 0.6) is 69.0 Å². The first-order valence-electron chi connectivity index (χ1n) is 48.9. The third kappa shape index (κ3) is 13.2. The number of rotatable bonds is 8. The van der Waals surface area contributed by atoms with E-state index in [9.17, 15) is 0 Å². The molecule has 6 aliphatic rings. The molecule has 33 rings (SSSR count). The fraction of sp³-hybridized carbons (Fsp3) is 0. The summed E-state index contributed by atoms with van der Waals surface area (Å²) < 4.78 is 69.7. The van der Waals surface area contributed by atoms with Gasteiger partial charge in [-0.15, -0.1) is 22.7 Å². The van der Waals surface area contributed by atoms with Crippen molar-refractivity contribution >= 4 is 198 Å². The third-order valence-corrected chi connectivity index (χ3v) is 32.2. The summed E-state index contributed by atoms with van der Waals surface area (Å²) in [4.78, 5) is 0. The van der Waals surface area contributed by atoms with Crippen molar-refractivity contribution in [2.75, 3.05) is 0 Å². The Labute approximate surface area is 839 Å². The molecule has 0 N–H and O–H groups in total. The Kier molecular flexibility index (Phi) is 18.1. The summed E-state index contributed by atoms with van der Waals surface area (Å²) in [6.45, 7) is -0.142. The van der Waals surface area contributed by atoms with Gasteiger partial charge in [0.2, 0.25) is 0 Å². The predicted octanol–water partition coefficient (Wildman–Crippen LogP) is 30.6. The number of ether oxygens (including phenoxy) is 6. The van der Waals surface area contributed by atoms with Gasteiger partial charge >= 0.3 is 0 Å². The summed E-state index contributed by atoms with van der Waals surface area (Å²) in [7, 11) is 0. The SMILES string of the molecule is c1cc2c3c(c1)Oc1ccc(-c4ccc(-c5cc6ccccc6o5)cc4)cc1B3c1cc(-c3ccc(-c4cc5ccccc5o4)cc3)ccc1O2.c1cc2c3c(c1)Oc1ccc(-c4ccc5sc6ccccc6c5c4)cc1B3c1cc(-c3ccc4sc5ccccc5c4c3)ccc1O2.c1cc2c3c(c1)Oc1ccc(-c4cccc5c4oc4ccccc45)cc1B3c1cc(-c3cccc4c3oc3ccccc34)ccc1O2. The minimum atomic E-state index is -0.0849. The standard InChI is InChI=1S/C46H27BO4.C42H23BO4.C42H23BO2S2/c1-3-8-38-34(6-1)26-44(48-38)30-16-12-28(13-17-30)32-20-22-40-36(24-32)47-37-25-33(21-23-41(37)51-43-11-5-10-42(50-40)46(43)47)29-14-18-31(19-15-29)45-27-35-7-2-4-9-39(35)49-45;1-3-14-34-28(8-1)30-12-5-10-26(41(30)46-34)24-18-20-36-32(22-24)43-33-23-25(19-21-37(33)45-39-17-7-16-38(44-36)40(39)43)27-11-6-13-31-29-9-2-4-15-35(29)47-42(27)31;1-3-10-38-28(6-1)30-20-24(14-18-40(30)46-38)26-12-16-34-32(22-26)43-33-23-27(13-17-35(33)45-37-9-5-8-36(44-34)42(37)43)25-15-19-41-31(21-25)29-7-2-4-11-39(29)47-41/h1-27H;2*1-23H. The van der Waals surface area contributed by atoms with Crippen LogP contribution in [0.25, 0.3) is 196 Å². The van der Waals surface area contributed by atoms with Crippen molar-refractivity contribution in [3.63, 3.8) is 0 Å². The second-order valence-corrected chi connectivity index (χ2v) is 40.2. The summed E-state index contributed by atoms with van der Waals surface area (Å²) in [6, 6.07) is 156. The molecular formula is C130H73B3O10S2. The molecule has 6 aliphatic heterocycles. The normalized spacial score (nSPS) is 12.8. The van der Waals surface area contributed by atoms with Crippen LogP contribution in [0.2, 0.25) is 0 Å². The van der Waals surface area contributed by atoms with Gasteiger partial charge in [0.05, 0.1) is 0 Å². The lowest BCUT2D eigenvalue weighted by Crippen LogP contribution is -2.57. The average Bonchev–Trinajstić information content (AvgIpc) is 1.70. The second kappa shape index (κ2) is 32.1. The number of hydrogen-bond donors (Lipinski definition) is 0. The van der Waals surface area contributed by atoms with E-state index in [1.807, 2.05) is 126 Å². The highest BCUT2D eigenvalue weighted by Crippen LogP contribution is 2.48. The minimum Gasteiger partial charge on any atom is -0.458 e. The van der Waals surface area contributed by atoms with Crippen LogP contribution in [0.1, 0.15) is 0 Å². The summed E-state index contributed by atoms with van der Waals surface area (Å²) in [5, 5.41) is 11.9. The van der Waals surface area contributed by atoms with E-state index in [1.165, 1.54) is 73.5 Å². The van der Waals surface area contributed by atoms with E-state index >= 15 is 0 Å². The number of thiophene rings is 2. The van der Waals surface area contributed by atoms with Gasteiger partial charge in [0.15, 0.2) is 0 Å². The zero-order valence-corrected chi connectivity index (χ0v) is 78.9. The van der Waals surface area contributed by atoms with Crippen LogP contribution in [-0.2, 0) is 0 Å². The van der Waals surface area contributed by atoms with E-state index in [4.69, 9.17) is 46.1 Å². The van der Waals surface area contributed by atoms with E-state index in [0.29, 0.717) is 0 Å². The van der Waals surface area contributed by atoms with Crippen LogP contribution in [0.15, 0.2) is 461 Å². The van der Waals surface area contributed by atoms with Gasteiger partial charge in [0, 0.05) is 111 Å². The fourth-order valence-electron chi connectivity index (χ4n) is 23.0. The molecule has 0 aliphatic carbocycles. The molecule has 0 saturated heterocycles. The summed E-state index contributed by atoms with van der Waals surface area (Å²) >= 11 is 3.71. The lowest BCUT2D eigenvalue weighted by atomic mass is 9.34. The van der Waals surface area contributed by atoms with Crippen LogP contribution >= 0.6 is 22.7 Å². The second-order valence-electron chi connectivity index (χ2n) is 38.1. The molecule has 6 aromatic heterocycles.